The smallest absolute Gasteiger partial charge is 0.216 e. The highest BCUT2D eigenvalue weighted by molar-refractivity contribution is 5.72. The highest BCUT2D eigenvalue weighted by Crippen LogP contribution is 2.30. The Labute approximate surface area is 125 Å². The van der Waals surface area contributed by atoms with Gasteiger partial charge in [0.25, 0.3) is 0 Å². The minimum Gasteiger partial charge on any atom is -0.389 e. The van der Waals surface area contributed by atoms with Gasteiger partial charge >= 0.3 is 0 Å². The molecular formula is C16H23FN2O2. The number of hydrogen-bond donors (Lipinski definition) is 2. The Morgan fingerprint density at radius 2 is 2.14 bits per heavy atom. The average molecular weight is 294 g/mol. The summed E-state index contributed by atoms with van der Waals surface area (Å²) in [7, 11) is 0. The van der Waals surface area contributed by atoms with Crippen LogP contribution in [0.15, 0.2) is 18.2 Å². The average Bonchev–Trinajstić information content (AvgIpc) is 2.45. The van der Waals surface area contributed by atoms with Gasteiger partial charge in [0.1, 0.15) is 5.82 Å². The van der Waals surface area contributed by atoms with Crippen LogP contribution in [-0.2, 0) is 4.79 Å². The number of nitrogens with zero attached hydrogens (tertiary/aromatic N) is 1. The highest BCUT2D eigenvalue weighted by Gasteiger charge is 2.22. The van der Waals surface area contributed by atoms with E-state index in [-0.39, 0.29) is 11.7 Å². The van der Waals surface area contributed by atoms with Crippen LogP contribution < -0.4 is 10.2 Å². The number of hydrogen-bond acceptors (Lipinski definition) is 3. The molecule has 1 saturated heterocycles. The zero-order valence-electron chi connectivity index (χ0n) is 12.6. The van der Waals surface area contributed by atoms with Crippen LogP contribution in [-0.4, -0.2) is 30.6 Å². The number of benzene rings is 1. The summed E-state index contributed by atoms with van der Waals surface area (Å²) in [4.78, 5) is 13.1. The van der Waals surface area contributed by atoms with Crippen LogP contribution in [0.1, 0.15) is 38.4 Å². The molecule has 0 spiro atoms. The van der Waals surface area contributed by atoms with Crippen molar-refractivity contribution in [2.75, 3.05) is 24.5 Å². The molecule has 1 heterocycles. The van der Waals surface area contributed by atoms with E-state index in [1.54, 1.807) is 13.0 Å². The Kier molecular flexibility index (Phi) is 5.17. The van der Waals surface area contributed by atoms with Crippen molar-refractivity contribution in [1.29, 1.82) is 0 Å². The number of aliphatic hydroxyl groups is 1. The number of rotatable bonds is 4. The molecule has 116 valence electrons. The minimum absolute atomic E-state index is 0.00681. The lowest BCUT2D eigenvalue weighted by atomic mass is 9.95. The van der Waals surface area contributed by atoms with Crippen molar-refractivity contribution in [3.8, 4) is 0 Å². The molecular weight excluding hydrogens is 271 g/mol. The second-order valence-corrected chi connectivity index (χ2v) is 5.75. The SMILES string of the molecule is CC(=O)NCC1CCN(c2ccc(F)cc2C(C)O)CC1. The van der Waals surface area contributed by atoms with E-state index in [0.29, 0.717) is 11.5 Å². The highest BCUT2D eigenvalue weighted by atomic mass is 19.1. The topological polar surface area (TPSA) is 52.6 Å². The molecule has 0 saturated carbocycles. The summed E-state index contributed by atoms with van der Waals surface area (Å²) in [5, 5.41) is 12.7. The van der Waals surface area contributed by atoms with Crippen LogP contribution in [0.5, 0.6) is 0 Å². The van der Waals surface area contributed by atoms with Crippen LogP contribution in [0, 0.1) is 11.7 Å². The van der Waals surface area contributed by atoms with E-state index >= 15 is 0 Å². The van der Waals surface area contributed by atoms with Gasteiger partial charge in [0.05, 0.1) is 6.10 Å². The van der Waals surface area contributed by atoms with E-state index < -0.39 is 6.10 Å². The number of nitrogens with one attached hydrogen (secondary N) is 1. The van der Waals surface area contributed by atoms with Crippen LogP contribution in [0.3, 0.4) is 0 Å². The summed E-state index contributed by atoms with van der Waals surface area (Å²) in [5.41, 5.74) is 1.54. The molecule has 0 radical (unpaired) electrons. The van der Waals surface area contributed by atoms with E-state index in [0.717, 1.165) is 38.2 Å². The molecule has 0 aromatic heterocycles. The van der Waals surface area contributed by atoms with Crippen molar-refractivity contribution in [3.05, 3.63) is 29.6 Å². The number of piperidine rings is 1. The molecule has 1 unspecified atom stereocenters. The van der Waals surface area contributed by atoms with E-state index in [2.05, 4.69) is 10.2 Å². The predicted octanol–water partition coefficient (Wildman–Crippen LogP) is 2.23. The lowest BCUT2D eigenvalue weighted by Gasteiger charge is -2.35. The van der Waals surface area contributed by atoms with Gasteiger partial charge in [-0.25, -0.2) is 4.39 Å². The first kappa shape index (κ1) is 15.8. The van der Waals surface area contributed by atoms with Gasteiger partial charge in [-0.3, -0.25) is 4.79 Å². The van der Waals surface area contributed by atoms with Crippen molar-refractivity contribution in [3.63, 3.8) is 0 Å². The zero-order valence-corrected chi connectivity index (χ0v) is 12.6. The van der Waals surface area contributed by atoms with Gasteiger partial charge in [-0.05, 0) is 43.9 Å². The van der Waals surface area contributed by atoms with Gasteiger partial charge < -0.3 is 15.3 Å². The number of anilines is 1. The van der Waals surface area contributed by atoms with Crippen molar-refractivity contribution in [2.24, 2.45) is 5.92 Å². The summed E-state index contributed by atoms with van der Waals surface area (Å²) in [5.74, 6) is 0.170. The van der Waals surface area contributed by atoms with E-state index in [1.807, 2.05) is 0 Å². The van der Waals surface area contributed by atoms with Gasteiger partial charge in [0, 0.05) is 37.8 Å². The summed E-state index contributed by atoms with van der Waals surface area (Å²) in [6.07, 6.45) is 1.28. The van der Waals surface area contributed by atoms with E-state index in [4.69, 9.17) is 0 Å². The quantitative estimate of drug-likeness (QED) is 0.895. The summed E-state index contributed by atoms with van der Waals surface area (Å²) in [6.45, 7) is 5.62. The largest absolute Gasteiger partial charge is 0.389 e. The van der Waals surface area contributed by atoms with Crippen molar-refractivity contribution in [1.82, 2.24) is 5.32 Å². The maximum absolute atomic E-state index is 13.3. The van der Waals surface area contributed by atoms with Crippen molar-refractivity contribution in [2.45, 2.75) is 32.8 Å². The monoisotopic (exact) mass is 294 g/mol. The van der Waals surface area contributed by atoms with Gasteiger partial charge in [0.2, 0.25) is 5.91 Å². The molecule has 2 rings (SSSR count). The molecule has 21 heavy (non-hydrogen) atoms. The zero-order chi connectivity index (χ0) is 15.4. The van der Waals surface area contributed by atoms with E-state index in [1.165, 1.54) is 19.1 Å². The molecule has 0 aliphatic carbocycles. The fraction of sp³-hybridized carbons (Fsp3) is 0.562. The standard InChI is InChI=1S/C16H23FN2O2/c1-11(20)15-9-14(17)3-4-16(15)19-7-5-13(6-8-19)10-18-12(2)21/h3-4,9,11,13,20H,5-8,10H2,1-2H3,(H,18,21). The molecule has 4 nitrogen and oxygen atoms in total. The fourth-order valence-corrected chi connectivity index (χ4v) is 2.81. The van der Waals surface area contributed by atoms with Crippen LogP contribution in [0.2, 0.25) is 0 Å². The van der Waals surface area contributed by atoms with Crippen LogP contribution in [0.25, 0.3) is 0 Å². The van der Waals surface area contributed by atoms with Gasteiger partial charge in [-0.2, -0.15) is 0 Å². The maximum Gasteiger partial charge on any atom is 0.216 e. The van der Waals surface area contributed by atoms with Crippen molar-refractivity contribution < 1.29 is 14.3 Å². The first-order chi connectivity index (χ1) is 9.97. The molecule has 1 fully saturated rings. The Bertz CT molecular complexity index is 497. The van der Waals surface area contributed by atoms with Crippen LogP contribution in [0.4, 0.5) is 10.1 Å². The Morgan fingerprint density at radius 3 is 2.71 bits per heavy atom. The first-order valence-corrected chi connectivity index (χ1v) is 7.44. The molecule has 1 amide bonds. The van der Waals surface area contributed by atoms with Crippen molar-refractivity contribution >= 4 is 11.6 Å². The van der Waals surface area contributed by atoms with Crippen LogP contribution >= 0.6 is 0 Å². The number of halogens is 1. The molecule has 2 N–H and O–H groups in total. The minimum atomic E-state index is -0.687. The molecule has 5 heteroatoms. The van der Waals surface area contributed by atoms with Gasteiger partial charge in [0.15, 0.2) is 0 Å². The third kappa shape index (κ3) is 4.17. The predicted molar refractivity (Wildman–Crippen MR) is 80.7 cm³/mol. The normalized spacial score (nSPS) is 17.6. The number of carbonyl (C=O) groups is 1. The number of amides is 1. The third-order valence-electron chi connectivity index (χ3n) is 4.03. The molecule has 1 atom stereocenters. The molecule has 1 aromatic carbocycles. The van der Waals surface area contributed by atoms with E-state index in [9.17, 15) is 14.3 Å². The Morgan fingerprint density at radius 1 is 1.48 bits per heavy atom. The summed E-state index contributed by atoms with van der Waals surface area (Å²) >= 11 is 0. The lowest BCUT2D eigenvalue weighted by molar-refractivity contribution is -0.119. The lowest BCUT2D eigenvalue weighted by Crippen LogP contribution is -2.38. The molecule has 1 aromatic rings. The first-order valence-electron chi connectivity index (χ1n) is 7.44. The number of aliphatic hydroxyl groups excluding tert-OH is 1. The molecule has 1 aliphatic rings. The Hall–Kier alpha value is -1.62. The second-order valence-electron chi connectivity index (χ2n) is 5.75. The Balaban J connectivity index is 2.00. The maximum atomic E-state index is 13.3. The summed E-state index contributed by atoms with van der Waals surface area (Å²) < 4.78 is 13.3. The molecule has 0 bridgehead atoms. The fourth-order valence-electron chi connectivity index (χ4n) is 2.81. The van der Waals surface area contributed by atoms with Gasteiger partial charge in [-0.1, -0.05) is 0 Å². The number of carbonyl (C=O) groups excluding carboxylic acids is 1. The third-order valence-corrected chi connectivity index (χ3v) is 4.03. The van der Waals surface area contributed by atoms with Gasteiger partial charge in [-0.15, -0.1) is 0 Å². The summed E-state index contributed by atoms with van der Waals surface area (Å²) in [6, 6.07) is 4.58. The second kappa shape index (κ2) is 6.89. The molecule has 1 aliphatic heterocycles.